The SMILES string of the molecule is CN(C)[C@@H]1CN(Cc2ccc3cc[nH]c3c2)CC[C@@H]1CO. The van der Waals surface area contributed by atoms with Gasteiger partial charge < -0.3 is 15.0 Å². The van der Waals surface area contributed by atoms with Crippen LogP contribution in [0.5, 0.6) is 0 Å². The van der Waals surface area contributed by atoms with Crippen LogP contribution in [0.3, 0.4) is 0 Å². The van der Waals surface area contributed by atoms with Crippen molar-refractivity contribution in [2.24, 2.45) is 5.92 Å². The third kappa shape index (κ3) is 3.12. The van der Waals surface area contributed by atoms with Gasteiger partial charge in [-0.25, -0.2) is 0 Å². The number of hydrogen-bond acceptors (Lipinski definition) is 3. The second-order valence-corrected chi connectivity index (χ2v) is 6.40. The molecule has 0 unspecified atom stereocenters. The molecule has 2 heterocycles. The zero-order chi connectivity index (χ0) is 14.8. The Kier molecular flexibility index (Phi) is 4.29. The van der Waals surface area contributed by atoms with Gasteiger partial charge in [0, 0.05) is 37.5 Å². The van der Waals surface area contributed by atoms with E-state index >= 15 is 0 Å². The van der Waals surface area contributed by atoms with Gasteiger partial charge in [0.2, 0.25) is 0 Å². The van der Waals surface area contributed by atoms with Crippen LogP contribution in [-0.4, -0.2) is 59.7 Å². The van der Waals surface area contributed by atoms with Crippen molar-refractivity contribution in [1.82, 2.24) is 14.8 Å². The first-order valence-electron chi connectivity index (χ1n) is 7.73. The third-order valence-electron chi connectivity index (χ3n) is 4.73. The van der Waals surface area contributed by atoms with Gasteiger partial charge in [0.25, 0.3) is 0 Å². The third-order valence-corrected chi connectivity index (χ3v) is 4.73. The molecule has 1 aliphatic rings. The molecule has 0 radical (unpaired) electrons. The average Bonchev–Trinajstić information content (AvgIpc) is 2.94. The molecule has 2 N–H and O–H groups in total. The van der Waals surface area contributed by atoms with E-state index in [4.69, 9.17) is 0 Å². The summed E-state index contributed by atoms with van der Waals surface area (Å²) in [7, 11) is 4.23. The minimum Gasteiger partial charge on any atom is -0.396 e. The molecule has 2 atom stereocenters. The summed E-state index contributed by atoms with van der Waals surface area (Å²) in [4.78, 5) is 8.03. The van der Waals surface area contributed by atoms with E-state index in [1.807, 2.05) is 6.20 Å². The summed E-state index contributed by atoms with van der Waals surface area (Å²) in [6.45, 7) is 3.38. The van der Waals surface area contributed by atoms with Gasteiger partial charge >= 0.3 is 0 Å². The maximum atomic E-state index is 9.53. The number of nitrogens with one attached hydrogen (secondary N) is 1. The van der Waals surface area contributed by atoms with E-state index < -0.39 is 0 Å². The predicted octanol–water partition coefficient (Wildman–Crippen LogP) is 1.91. The maximum Gasteiger partial charge on any atom is 0.0475 e. The summed E-state index contributed by atoms with van der Waals surface area (Å²) in [6.07, 6.45) is 3.06. The molecule has 0 bridgehead atoms. The minimum absolute atomic E-state index is 0.297. The first-order chi connectivity index (χ1) is 10.2. The Morgan fingerprint density at radius 2 is 2.19 bits per heavy atom. The Balaban J connectivity index is 1.69. The fourth-order valence-electron chi connectivity index (χ4n) is 3.44. The molecule has 1 aromatic heterocycles. The summed E-state index contributed by atoms with van der Waals surface area (Å²) >= 11 is 0. The van der Waals surface area contributed by atoms with Crippen molar-refractivity contribution in [3.8, 4) is 0 Å². The Bertz CT molecular complexity index is 592. The highest BCUT2D eigenvalue weighted by molar-refractivity contribution is 5.79. The molecule has 0 saturated carbocycles. The molecule has 0 aliphatic carbocycles. The quantitative estimate of drug-likeness (QED) is 0.903. The molecule has 4 heteroatoms. The molecule has 1 fully saturated rings. The lowest BCUT2D eigenvalue weighted by molar-refractivity contribution is 0.0461. The van der Waals surface area contributed by atoms with E-state index in [2.05, 4.69) is 53.1 Å². The number of fused-ring (bicyclic) bond motifs is 1. The smallest absolute Gasteiger partial charge is 0.0475 e. The highest BCUT2D eigenvalue weighted by Crippen LogP contribution is 2.23. The Morgan fingerprint density at radius 3 is 2.95 bits per heavy atom. The number of aliphatic hydroxyl groups excluding tert-OH is 1. The molecule has 1 aliphatic heterocycles. The summed E-state index contributed by atoms with van der Waals surface area (Å²) in [5, 5.41) is 10.8. The molecule has 21 heavy (non-hydrogen) atoms. The van der Waals surface area contributed by atoms with Gasteiger partial charge in [-0.1, -0.05) is 12.1 Å². The van der Waals surface area contributed by atoms with Gasteiger partial charge in [-0.15, -0.1) is 0 Å². The first-order valence-corrected chi connectivity index (χ1v) is 7.73. The number of piperidine rings is 1. The van der Waals surface area contributed by atoms with Gasteiger partial charge in [0.1, 0.15) is 0 Å². The normalized spacial score (nSPS) is 24.0. The Morgan fingerprint density at radius 1 is 1.33 bits per heavy atom. The van der Waals surface area contributed by atoms with Crippen LogP contribution in [0.4, 0.5) is 0 Å². The van der Waals surface area contributed by atoms with Crippen molar-refractivity contribution in [3.63, 3.8) is 0 Å². The number of benzene rings is 1. The van der Waals surface area contributed by atoms with Crippen LogP contribution in [0.15, 0.2) is 30.5 Å². The van der Waals surface area contributed by atoms with Crippen LogP contribution in [0.1, 0.15) is 12.0 Å². The zero-order valence-corrected chi connectivity index (χ0v) is 12.9. The van der Waals surface area contributed by atoms with Crippen LogP contribution in [-0.2, 0) is 6.54 Å². The molecular weight excluding hydrogens is 262 g/mol. The topological polar surface area (TPSA) is 42.5 Å². The van der Waals surface area contributed by atoms with Crippen molar-refractivity contribution in [2.45, 2.75) is 19.0 Å². The van der Waals surface area contributed by atoms with Crippen molar-refractivity contribution < 1.29 is 5.11 Å². The minimum atomic E-state index is 0.297. The summed E-state index contributed by atoms with van der Waals surface area (Å²) in [5.41, 5.74) is 2.56. The standard InChI is InChI=1S/C17H25N3O/c1-19(2)17-11-20(8-6-15(17)12-21)10-13-3-4-14-5-7-18-16(14)9-13/h3-5,7,9,15,17-18,21H,6,8,10-12H2,1-2H3/t15-,17-/m1/s1. The van der Waals surface area contributed by atoms with Crippen molar-refractivity contribution >= 4 is 10.9 Å². The predicted molar refractivity (Wildman–Crippen MR) is 86.2 cm³/mol. The Labute approximate surface area is 126 Å². The zero-order valence-electron chi connectivity index (χ0n) is 12.9. The van der Waals surface area contributed by atoms with Crippen LogP contribution in [0.25, 0.3) is 10.9 Å². The molecular formula is C17H25N3O. The average molecular weight is 287 g/mol. The second-order valence-electron chi connectivity index (χ2n) is 6.40. The van der Waals surface area contributed by atoms with Crippen molar-refractivity contribution in [3.05, 3.63) is 36.0 Å². The van der Waals surface area contributed by atoms with E-state index in [0.29, 0.717) is 18.6 Å². The first kappa shape index (κ1) is 14.6. The van der Waals surface area contributed by atoms with E-state index in [9.17, 15) is 5.11 Å². The molecule has 114 valence electrons. The van der Waals surface area contributed by atoms with Gasteiger partial charge in [-0.3, -0.25) is 4.90 Å². The lowest BCUT2D eigenvalue weighted by Gasteiger charge is -2.41. The van der Waals surface area contributed by atoms with Crippen molar-refractivity contribution in [1.29, 1.82) is 0 Å². The highest BCUT2D eigenvalue weighted by Gasteiger charge is 2.30. The van der Waals surface area contributed by atoms with Crippen LogP contribution in [0, 0.1) is 5.92 Å². The second kappa shape index (κ2) is 6.18. The molecule has 0 spiro atoms. The van der Waals surface area contributed by atoms with Gasteiger partial charge in [0.15, 0.2) is 0 Å². The summed E-state index contributed by atoms with van der Waals surface area (Å²) in [6, 6.07) is 9.20. The number of H-pyrrole nitrogens is 1. The largest absolute Gasteiger partial charge is 0.396 e. The van der Waals surface area contributed by atoms with E-state index in [1.165, 1.54) is 16.5 Å². The van der Waals surface area contributed by atoms with E-state index in [-0.39, 0.29) is 0 Å². The summed E-state index contributed by atoms with van der Waals surface area (Å²) < 4.78 is 0. The lowest BCUT2D eigenvalue weighted by atomic mass is 9.91. The Hall–Kier alpha value is -1.36. The summed E-state index contributed by atoms with van der Waals surface area (Å²) in [5.74, 6) is 0.405. The van der Waals surface area contributed by atoms with E-state index in [1.54, 1.807) is 0 Å². The fraction of sp³-hybridized carbons (Fsp3) is 0.529. The monoisotopic (exact) mass is 287 g/mol. The number of nitrogens with zero attached hydrogens (tertiary/aromatic N) is 2. The van der Waals surface area contributed by atoms with Gasteiger partial charge in [0.05, 0.1) is 0 Å². The maximum absolute atomic E-state index is 9.53. The number of aromatic amines is 1. The number of aromatic nitrogens is 1. The number of likely N-dealkylation sites (N-methyl/N-ethyl adjacent to an activating group) is 1. The van der Waals surface area contributed by atoms with E-state index in [0.717, 1.165) is 26.1 Å². The molecule has 0 amide bonds. The van der Waals surface area contributed by atoms with Gasteiger partial charge in [-0.2, -0.15) is 0 Å². The highest BCUT2D eigenvalue weighted by atomic mass is 16.3. The van der Waals surface area contributed by atoms with Crippen LogP contribution < -0.4 is 0 Å². The molecule has 1 aromatic carbocycles. The molecule has 1 saturated heterocycles. The lowest BCUT2D eigenvalue weighted by Crippen LogP contribution is -2.51. The van der Waals surface area contributed by atoms with Crippen molar-refractivity contribution in [2.75, 3.05) is 33.8 Å². The molecule has 4 nitrogen and oxygen atoms in total. The van der Waals surface area contributed by atoms with Crippen LogP contribution >= 0.6 is 0 Å². The van der Waals surface area contributed by atoms with Crippen LogP contribution in [0.2, 0.25) is 0 Å². The molecule has 3 rings (SSSR count). The number of likely N-dealkylation sites (tertiary alicyclic amines) is 1. The number of hydrogen-bond donors (Lipinski definition) is 2. The number of aliphatic hydroxyl groups is 1. The number of rotatable bonds is 4. The molecule has 2 aromatic rings. The van der Waals surface area contributed by atoms with Gasteiger partial charge in [-0.05, 0) is 56.1 Å². The fourth-order valence-corrected chi connectivity index (χ4v) is 3.44.